The normalized spacial score (nSPS) is 20.7. The summed E-state index contributed by atoms with van der Waals surface area (Å²) in [5, 5.41) is 10.5. The van der Waals surface area contributed by atoms with Crippen LogP contribution in [-0.4, -0.2) is 34.6 Å². The molecule has 0 radical (unpaired) electrons. The highest BCUT2D eigenvalue weighted by molar-refractivity contribution is 7.08. The Kier molecular flexibility index (Phi) is 4.66. The molecule has 1 aromatic rings. The number of nitrogens with one attached hydrogen (secondary N) is 2. The Morgan fingerprint density at radius 3 is 3.06 bits per heavy atom. The van der Waals surface area contributed by atoms with E-state index in [4.69, 9.17) is 0 Å². The molecule has 0 saturated carbocycles. The van der Waals surface area contributed by atoms with Crippen molar-refractivity contribution in [2.45, 2.75) is 45.1 Å². The molecule has 18 heavy (non-hydrogen) atoms. The largest absolute Gasteiger partial charge is 0.348 e. The molecule has 0 aromatic carbocycles. The average Bonchev–Trinajstić information content (AvgIpc) is 2.70. The van der Waals surface area contributed by atoms with Gasteiger partial charge >= 0.3 is 0 Å². The van der Waals surface area contributed by atoms with Gasteiger partial charge in [-0.05, 0) is 49.8 Å². The summed E-state index contributed by atoms with van der Waals surface area (Å²) in [6, 6.07) is 0.273. The fraction of sp³-hybridized carbons (Fsp3) is 0.750. The second kappa shape index (κ2) is 6.24. The smallest absolute Gasteiger partial charge is 0.265 e. The highest BCUT2D eigenvalue weighted by Crippen LogP contribution is 2.20. The maximum absolute atomic E-state index is 12.2. The Balaban J connectivity index is 2.00. The van der Waals surface area contributed by atoms with Crippen LogP contribution in [0.2, 0.25) is 0 Å². The van der Waals surface area contributed by atoms with Gasteiger partial charge < -0.3 is 10.6 Å². The molecule has 100 valence electrons. The van der Waals surface area contributed by atoms with Gasteiger partial charge in [0.25, 0.3) is 5.91 Å². The first-order valence-corrected chi connectivity index (χ1v) is 7.29. The Labute approximate surface area is 112 Å². The predicted octanol–water partition coefficient (Wildman–Crippen LogP) is 1.53. The van der Waals surface area contributed by atoms with Crippen molar-refractivity contribution in [2.75, 3.05) is 13.1 Å². The molecule has 0 aliphatic carbocycles. The van der Waals surface area contributed by atoms with E-state index in [-0.39, 0.29) is 17.9 Å². The van der Waals surface area contributed by atoms with E-state index in [1.165, 1.54) is 11.5 Å². The van der Waals surface area contributed by atoms with Crippen LogP contribution in [0.5, 0.6) is 0 Å². The summed E-state index contributed by atoms with van der Waals surface area (Å²) < 4.78 is 3.89. The molecular formula is C12H20N4OS. The molecule has 1 aliphatic rings. The number of hydrogen-bond donors (Lipinski definition) is 2. The van der Waals surface area contributed by atoms with Crippen molar-refractivity contribution in [2.24, 2.45) is 0 Å². The van der Waals surface area contributed by atoms with Crippen molar-refractivity contribution in [3.8, 4) is 0 Å². The summed E-state index contributed by atoms with van der Waals surface area (Å²) in [5.41, 5.74) is 0.809. The Morgan fingerprint density at radius 2 is 2.28 bits per heavy atom. The van der Waals surface area contributed by atoms with Gasteiger partial charge in [-0.15, -0.1) is 5.10 Å². The molecule has 2 heterocycles. The zero-order valence-corrected chi connectivity index (χ0v) is 11.7. The minimum atomic E-state index is -0.0133. The monoisotopic (exact) mass is 268 g/mol. The number of amides is 1. The summed E-state index contributed by atoms with van der Waals surface area (Å²) >= 11 is 1.19. The lowest BCUT2D eigenvalue weighted by molar-refractivity contribution is 0.0936. The molecule has 2 rings (SSSR count). The van der Waals surface area contributed by atoms with Crippen molar-refractivity contribution >= 4 is 17.4 Å². The second-order valence-corrected chi connectivity index (χ2v) is 5.75. The zero-order valence-electron chi connectivity index (χ0n) is 10.9. The van der Waals surface area contributed by atoms with Crippen LogP contribution < -0.4 is 10.6 Å². The van der Waals surface area contributed by atoms with Gasteiger partial charge in [0.2, 0.25) is 0 Å². The van der Waals surface area contributed by atoms with Gasteiger partial charge in [-0.25, -0.2) is 0 Å². The summed E-state index contributed by atoms with van der Waals surface area (Å²) in [7, 11) is 0. The number of aromatic nitrogens is 2. The molecule has 1 unspecified atom stereocenters. The number of carbonyl (C=O) groups is 1. The van der Waals surface area contributed by atoms with E-state index in [2.05, 4.69) is 20.2 Å². The van der Waals surface area contributed by atoms with Crippen LogP contribution in [0.15, 0.2) is 0 Å². The lowest BCUT2D eigenvalue weighted by atomic mass is 10.1. The lowest BCUT2D eigenvalue weighted by Crippen LogP contribution is -2.35. The van der Waals surface area contributed by atoms with Gasteiger partial charge in [0, 0.05) is 6.04 Å². The van der Waals surface area contributed by atoms with E-state index in [9.17, 15) is 4.79 Å². The number of carbonyl (C=O) groups excluding carboxylic acids is 1. The maximum atomic E-state index is 12.2. The van der Waals surface area contributed by atoms with Crippen molar-refractivity contribution in [1.82, 2.24) is 20.2 Å². The van der Waals surface area contributed by atoms with Crippen molar-refractivity contribution in [1.29, 1.82) is 0 Å². The number of nitrogens with zero attached hydrogens (tertiary/aromatic N) is 2. The molecule has 1 amide bonds. The first-order valence-electron chi connectivity index (χ1n) is 6.52. The Morgan fingerprint density at radius 1 is 1.44 bits per heavy atom. The summed E-state index contributed by atoms with van der Waals surface area (Å²) in [6.45, 7) is 6.08. The van der Waals surface area contributed by atoms with Gasteiger partial charge in [-0.2, -0.15) is 0 Å². The molecule has 0 spiro atoms. The van der Waals surface area contributed by atoms with Gasteiger partial charge in [0.05, 0.1) is 5.69 Å². The third-order valence-electron chi connectivity index (χ3n) is 3.18. The van der Waals surface area contributed by atoms with E-state index in [1.54, 1.807) is 0 Å². The first-order chi connectivity index (χ1) is 8.68. The van der Waals surface area contributed by atoms with Crippen LogP contribution in [0.25, 0.3) is 0 Å². The molecule has 1 aliphatic heterocycles. The Bertz CT molecular complexity index is 397. The van der Waals surface area contributed by atoms with Gasteiger partial charge in [0.15, 0.2) is 0 Å². The highest BCUT2D eigenvalue weighted by Gasteiger charge is 2.21. The van der Waals surface area contributed by atoms with Gasteiger partial charge in [-0.1, -0.05) is 18.3 Å². The number of rotatable bonds is 3. The fourth-order valence-electron chi connectivity index (χ4n) is 2.15. The molecule has 1 atom stereocenters. The Hall–Kier alpha value is -1.01. The van der Waals surface area contributed by atoms with Crippen LogP contribution in [0, 0.1) is 0 Å². The standard InChI is InChI=1S/C12H20N4OS/c1-8(2)10-11(18-16-15-10)12(17)14-9-4-3-6-13-7-5-9/h8-9,13H,3-7H2,1-2H3,(H,14,17). The predicted molar refractivity (Wildman–Crippen MR) is 72.0 cm³/mol. The minimum absolute atomic E-state index is 0.0133. The number of hydrogen-bond acceptors (Lipinski definition) is 5. The summed E-state index contributed by atoms with van der Waals surface area (Å²) in [5.74, 6) is 0.223. The lowest BCUT2D eigenvalue weighted by Gasteiger charge is -2.15. The average molecular weight is 268 g/mol. The maximum Gasteiger partial charge on any atom is 0.265 e. The van der Waals surface area contributed by atoms with E-state index in [0.29, 0.717) is 4.88 Å². The fourth-order valence-corrected chi connectivity index (χ4v) is 2.87. The summed E-state index contributed by atoms with van der Waals surface area (Å²) in [6.07, 6.45) is 3.15. The van der Waals surface area contributed by atoms with Crippen molar-refractivity contribution in [3.63, 3.8) is 0 Å². The third kappa shape index (κ3) is 3.26. The molecular weight excluding hydrogens is 248 g/mol. The molecule has 1 aromatic heterocycles. The van der Waals surface area contributed by atoms with E-state index in [0.717, 1.165) is 38.0 Å². The zero-order chi connectivity index (χ0) is 13.0. The third-order valence-corrected chi connectivity index (χ3v) is 3.92. The van der Waals surface area contributed by atoms with Crippen molar-refractivity contribution in [3.05, 3.63) is 10.6 Å². The van der Waals surface area contributed by atoms with E-state index < -0.39 is 0 Å². The van der Waals surface area contributed by atoms with Crippen LogP contribution in [0.4, 0.5) is 0 Å². The van der Waals surface area contributed by atoms with Gasteiger partial charge in [0.1, 0.15) is 4.88 Å². The molecule has 1 saturated heterocycles. The SMILES string of the molecule is CC(C)c1nnsc1C(=O)NC1CCCNCC1. The first kappa shape index (κ1) is 13.4. The van der Waals surface area contributed by atoms with E-state index >= 15 is 0 Å². The quantitative estimate of drug-likeness (QED) is 0.872. The van der Waals surface area contributed by atoms with Gasteiger partial charge in [-0.3, -0.25) is 4.79 Å². The van der Waals surface area contributed by atoms with Crippen LogP contribution >= 0.6 is 11.5 Å². The molecule has 1 fully saturated rings. The van der Waals surface area contributed by atoms with E-state index in [1.807, 2.05) is 13.8 Å². The van der Waals surface area contributed by atoms with Crippen LogP contribution in [0.3, 0.4) is 0 Å². The van der Waals surface area contributed by atoms with Crippen molar-refractivity contribution < 1.29 is 4.79 Å². The molecule has 5 nitrogen and oxygen atoms in total. The second-order valence-electron chi connectivity index (χ2n) is 4.99. The minimum Gasteiger partial charge on any atom is -0.348 e. The molecule has 2 N–H and O–H groups in total. The summed E-state index contributed by atoms with van der Waals surface area (Å²) in [4.78, 5) is 12.9. The molecule has 6 heteroatoms. The van der Waals surface area contributed by atoms with Crippen LogP contribution in [-0.2, 0) is 0 Å². The highest BCUT2D eigenvalue weighted by atomic mass is 32.1. The van der Waals surface area contributed by atoms with Crippen LogP contribution in [0.1, 0.15) is 54.4 Å². The topological polar surface area (TPSA) is 66.9 Å². The molecule has 0 bridgehead atoms.